The van der Waals surface area contributed by atoms with E-state index in [0.717, 1.165) is 12.8 Å². The second kappa shape index (κ2) is 4.07. The summed E-state index contributed by atoms with van der Waals surface area (Å²) in [7, 11) is 1.45. The number of esters is 1. The molecule has 2 rings (SSSR count). The molecule has 4 heteroatoms. The Balaban J connectivity index is 0.000000980. The van der Waals surface area contributed by atoms with Crippen molar-refractivity contribution in [2.45, 2.75) is 38.1 Å². The van der Waals surface area contributed by atoms with E-state index in [2.05, 4.69) is 0 Å². The number of rotatable bonds is 1. The predicted octanol–water partition coefficient (Wildman–Crippen LogP) is 1.49. The van der Waals surface area contributed by atoms with Crippen molar-refractivity contribution in [1.82, 2.24) is 0 Å². The molecule has 0 aromatic heterocycles. The zero-order chi connectivity index (χ0) is 9.47. The van der Waals surface area contributed by atoms with Gasteiger partial charge in [-0.2, -0.15) is 0 Å². The van der Waals surface area contributed by atoms with Crippen LogP contribution < -0.4 is 5.73 Å². The van der Waals surface area contributed by atoms with Gasteiger partial charge in [0.2, 0.25) is 0 Å². The fraction of sp³-hybridized carbons (Fsp3) is 0.900. The number of halogens is 1. The Morgan fingerprint density at radius 3 is 2.57 bits per heavy atom. The predicted molar refractivity (Wildman–Crippen MR) is 56.2 cm³/mol. The third kappa shape index (κ3) is 2.04. The number of nitrogens with two attached hydrogens (primary N) is 1. The number of ether oxygens (including phenoxy) is 1. The molecule has 2 fully saturated rings. The molecular weight excluding hydrogens is 202 g/mol. The molecule has 2 atom stereocenters. The zero-order valence-electron chi connectivity index (χ0n) is 8.49. The van der Waals surface area contributed by atoms with Crippen LogP contribution in [0.25, 0.3) is 0 Å². The Morgan fingerprint density at radius 2 is 2.07 bits per heavy atom. The number of methoxy groups -OCH3 is 1. The maximum absolute atomic E-state index is 11.4. The molecule has 0 aromatic rings. The van der Waals surface area contributed by atoms with Crippen molar-refractivity contribution in [3.63, 3.8) is 0 Å². The second-order valence-electron chi connectivity index (χ2n) is 4.54. The molecule has 14 heavy (non-hydrogen) atoms. The van der Waals surface area contributed by atoms with Crippen molar-refractivity contribution in [3.8, 4) is 0 Å². The Labute approximate surface area is 90.8 Å². The first kappa shape index (κ1) is 11.8. The third-order valence-electron chi connectivity index (χ3n) is 3.64. The molecule has 2 N–H and O–H groups in total. The lowest BCUT2D eigenvalue weighted by molar-refractivity contribution is -0.148. The minimum Gasteiger partial charge on any atom is -0.469 e. The summed E-state index contributed by atoms with van der Waals surface area (Å²) in [6.45, 7) is 0. The fourth-order valence-electron chi connectivity index (χ4n) is 2.43. The van der Waals surface area contributed by atoms with Crippen LogP contribution in [0.5, 0.6) is 0 Å². The highest BCUT2D eigenvalue weighted by molar-refractivity contribution is 5.85. The van der Waals surface area contributed by atoms with Gasteiger partial charge >= 0.3 is 5.97 Å². The fourth-order valence-corrected chi connectivity index (χ4v) is 2.43. The van der Waals surface area contributed by atoms with Crippen LogP contribution in [-0.2, 0) is 9.53 Å². The number of hydrogen-bond acceptors (Lipinski definition) is 3. The zero-order valence-corrected chi connectivity index (χ0v) is 9.31. The Kier molecular flexibility index (Phi) is 3.43. The van der Waals surface area contributed by atoms with Gasteiger partial charge in [0, 0.05) is 6.04 Å². The van der Waals surface area contributed by atoms with E-state index in [0.29, 0.717) is 5.41 Å². The first-order valence-electron chi connectivity index (χ1n) is 5.00. The molecule has 2 unspecified atom stereocenters. The summed E-state index contributed by atoms with van der Waals surface area (Å²) in [6, 6.07) is 0.0266. The van der Waals surface area contributed by atoms with E-state index < -0.39 is 0 Å². The number of carbonyl (C=O) groups is 1. The van der Waals surface area contributed by atoms with Crippen molar-refractivity contribution in [3.05, 3.63) is 0 Å². The normalized spacial score (nSPS) is 33.3. The molecule has 0 radical (unpaired) electrons. The molecule has 0 heterocycles. The van der Waals surface area contributed by atoms with Crippen molar-refractivity contribution >= 4 is 18.4 Å². The molecule has 2 aliphatic carbocycles. The average molecular weight is 220 g/mol. The number of hydrogen-bond donors (Lipinski definition) is 1. The van der Waals surface area contributed by atoms with Gasteiger partial charge in [-0.1, -0.05) is 0 Å². The molecule has 2 aliphatic rings. The van der Waals surface area contributed by atoms with Crippen LogP contribution in [0.1, 0.15) is 32.1 Å². The minimum atomic E-state index is -0.113. The van der Waals surface area contributed by atoms with E-state index in [1.807, 2.05) is 0 Å². The molecule has 0 aromatic carbocycles. The standard InChI is InChI=1S/C10H17NO2.ClH/c1-13-9(12)7-6-10(4-5-10)3-2-8(7)11;/h7-8H,2-6,11H2,1H3;1H. The van der Waals surface area contributed by atoms with Crippen molar-refractivity contribution in [2.24, 2.45) is 17.1 Å². The maximum Gasteiger partial charge on any atom is 0.310 e. The van der Waals surface area contributed by atoms with Crippen LogP contribution in [0.15, 0.2) is 0 Å². The van der Waals surface area contributed by atoms with Crippen molar-refractivity contribution < 1.29 is 9.53 Å². The van der Waals surface area contributed by atoms with Crippen LogP contribution in [-0.4, -0.2) is 19.1 Å². The van der Waals surface area contributed by atoms with Crippen LogP contribution in [0, 0.1) is 11.3 Å². The summed E-state index contributed by atoms with van der Waals surface area (Å²) < 4.78 is 4.76. The first-order valence-corrected chi connectivity index (χ1v) is 5.00. The van der Waals surface area contributed by atoms with Crippen LogP contribution in [0.4, 0.5) is 0 Å². The van der Waals surface area contributed by atoms with E-state index in [4.69, 9.17) is 10.5 Å². The first-order chi connectivity index (χ1) is 6.17. The van der Waals surface area contributed by atoms with E-state index in [1.165, 1.54) is 26.4 Å². The summed E-state index contributed by atoms with van der Waals surface area (Å²) >= 11 is 0. The molecule has 0 saturated heterocycles. The van der Waals surface area contributed by atoms with Gasteiger partial charge in [-0.25, -0.2) is 0 Å². The van der Waals surface area contributed by atoms with Crippen LogP contribution in [0.3, 0.4) is 0 Å². The molecule has 2 saturated carbocycles. The maximum atomic E-state index is 11.4. The van der Waals surface area contributed by atoms with E-state index >= 15 is 0 Å². The summed E-state index contributed by atoms with van der Waals surface area (Å²) in [5.41, 5.74) is 6.38. The topological polar surface area (TPSA) is 52.3 Å². The van der Waals surface area contributed by atoms with Crippen LogP contribution >= 0.6 is 12.4 Å². The van der Waals surface area contributed by atoms with Gasteiger partial charge in [0.05, 0.1) is 13.0 Å². The Bertz CT molecular complexity index is 228. The molecule has 0 bridgehead atoms. The van der Waals surface area contributed by atoms with Gasteiger partial charge in [0.1, 0.15) is 0 Å². The van der Waals surface area contributed by atoms with Gasteiger partial charge in [0.25, 0.3) is 0 Å². The number of carbonyl (C=O) groups excluding carboxylic acids is 1. The summed E-state index contributed by atoms with van der Waals surface area (Å²) in [6.07, 6.45) is 5.72. The highest BCUT2D eigenvalue weighted by Gasteiger charge is 2.49. The lowest BCUT2D eigenvalue weighted by Gasteiger charge is -2.32. The molecule has 0 amide bonds. The smallest absolute Gasteiger partial charge is 0.310 e. The molecule has 1 spiro atoms. The lowest BCUT2D eigenvalue weighted by Crippen LogP contribution is -2.41. The van der Waals surface area contributed by atoms with Gasteiger partial charge in [-0.3, -0.25) is 4.79 Å². The SMILES string of the molecule is COC(=O)C1CC2(CCC1N)CC2.Cl. The lowest BCUT2D eigenvalue weighted by atomic mass is 9.76. The molecule has 0 aliphatic heterocycles. The Morgan fingerprint density at radius 1 is 1.43 bits per heavy atom. The quantitative estimate of drug-likeness (QED) is 0.680. The molecule has 3 nitrogen and oxygen atoms in total. The van der Waals surface area contributed by atoms with Crippen LogP contribution in [0.2, 0.25) is 0 Å². The van der Waals surface area contributed by atoms with E-state index in [-0.39, 0.29) is 30.3 Å². The van der Waals surface area contributed by atoms with E-state index in [1.54, 1.807) is 0 Å². The van der Waals surface area contributed by atoms with Crippen molar-refractivity contribution in [2.75, 3.05) is 7.11 Å². The minimum absolute atomic E-state index is 0. The summed E-state index contributed by atoms with van der Waals surface area (Å²) in [5, 5.41) is 0. The second-order valence-corrected chi connectivity index (χ2v) is 4.54. The molecule has 82 valence electrons. The van der Waals surface area contributed by atoms with Gasteiger partial charge in [-0.15, -0.1) is 12.4 Å². The van der Waals surface area contributed by atoms with Crippen molar-refractivity contribution in [1.29, 1.82) is 0 Å². The highest BCUT2D eigenvalue weighted by Crippen LogP contribution is 2.57. The average Bonchev–Trinajstić information content (AvgIpc) is 2.89. The van der Waals surface area contributed by atoms with Gasteiger partial charge < -0.3 is 10.5 Å². The van der Waals surface area contributed by atoms with Gasteiger partial charge in [0.15, 0.2) is 0 Å². The summed E-state index contributed by atoms with van der Waals surface area (Å²) in [4.78, 5) is 11.4. The highest BCUT2D eigenvalue weighted by atomic mass is 35.5. The van der Waals surface area contributed by atoms with Gasteiger partial charge in [-0.05, 0) is 37.5 Å². The van der Waals surface area contributed by atoms with E-state index in [9.17, 15) is 4.79 Å². The Hall–Kier alpha value is -0.280. The summed E-state index contributed by atoms with van der Waals surface area (Å²) in [5.74, 6) is -0.153. The third-order valence-corrected chi connectivity index (χ3v) is 3.64. The largest absolute Gasteiger partial charge is 0.469 e. The molecular formula is C10H18ClNO2. The monoisotopic (exact) mass is 219 g/mol.